The van der Waals surface area contributed by atoms with Crippen LogP contribution in [-0.2, 0) is 19.6 Å². The fourth-order valence-electron chi connectivity index (χ4n) is 2.07. The summed E-state index contributed by atoms with van der Waals surface area (Å²) in [5.41, 5.74) is 0. The van der Waals surface area contributed by atoms with E-state index in [1.807, 2.05) is 13.8 Å². The van der Waals surface area contributed by atoms with Gasteiger partial charge in [0.1, 0.15) is 13.2 Å². The van der Waals surface area contributed by atoms with Crippen LogP contribution in [0.3, 0.4) is 0 Å². The van der Waals surface area contributed by atoms with Gasteiger partial charge in [0.25, 0.3) is 10.1 Å². The second-order valence-electron chi connectivity index (χ2n) is 4.73. The number of nitrogens with zero attached hydrogens (tertiary/aromatic N) is 1. The lowest BCUT2D eigenvalue weighted by Crippen LogP contribution is -2.50. The zero-order valence-corrected chi connectivity index (χ0v) is 13.8. The largest absolute Gasteiger partial charge is 0.870 e. The number of allylic oxidation sites excluding steroid dienone is 1. The summed E-state index contributed by atoms with van der Waals surface area (Å²) in [5, 5.41) is 0. The average Bonchev–Trinajstić information content (AvgIpc) is 2.36. The molecule has 0 heterocycles. The third kappa shape index (κ3) is 10.4. The summed E-state index contributed by atoms with van der Waals surface area (Å²) in [7, 11) is -3.91. The number of ether oxygens (including phenoxy) is 1. The predicted molar refractivity (Wildman–Crippen MR) is 79.8 cm³/mol. The molecule has 0 saturated carbocycles. The number of hydrogen-bond acceptors (Lipinski definition) is 5. The van der Waals surface area contributed by atoms with E-state index < -0.39 is 10.1 Å². The minimum atomic E-state index is -3.91. The maximum atomic E-state index is 11.2. The van der Waals surface area contributed by atoms with Crippen LogP contribution in [0.15, 0.2) is 12.2 Å². The van der Waals surface area contributed by atoms with Crippen molar-refractivity contribution in [3.8, 4) is 0 Å². The van der Waals surface area contributed by atoms with Crippen molar-refractivity contribution >= 4 is 16.1 Å². The van der Waals surface area contributed by atoms with Gasteiger partial charge in [-0.3, -0.25) is 4.55 Å². The minimum absolute atomic E-state index is 0. The maximum absolute atomic E-state index is 11.2. The Hall–Kier alpha value is -0.960. The fraction of sp³-hybridized carbons (Fsp3) is 0.769. The molecule has 21 heavy (non-hydrogen) atoms. The first-order chi connectivity index (χ1) is 9.28. The lowest BCUT2D eigenvalue weighted by Gasteiger charge is -2.36. The van der Waals surface area contributed by atoms with Crippen molar-refractivity contribution in [2.24, 2.45) is 0 Å². The topological polar surface area (TPSA) is 111 Å². The molecule has 126 valence electrons. The zero-order valence-electron chi connectivity index (χ0n) is 13.0. The van der Waals surface area contributed by atoms with Gasteiger partial charge < -0.3 is 14.7 Å². The number of quaternary nitrogens is 1. The average molecular weight is 325 g/mol. The van der Waals surface area contributed by atoms with Crippen LogP contribution in [0.25, 0.3) is 0 Å². The van der Waals surface area contributed by atoms with E-state index in [-0.39, 0.29) is 17.2 Å². The first kappa shape index (κ1) is 22.3. The van der Waals surface area contributed by atoms with Gasteiger partial charge in [0.15, 0.2) is 0 Å². The van der Waals surface area contributed by atoms with Gasteiger partial charge >= 0.3 is 5.97 Å². The molecule has 2 N–H and O–H groups in total. The molecule has 0 aromatic heterocycles. The van der Waals surface area contributed by atoms with Gasteiger partial charge in [-0.2, -0.15) is 8.42 Å². The highest BCUT2D eigenvalue weighted by molar-refractivity contribution is 7.85. The summed E-state index contributed by atoms with van der Waals surface area (Å²) in [5.74, 6) is -0.596. The van der Waals surface area contributed by atoms with Crippen LogP contribution >= 0.6 is 0 Å². The molecule has 0 aliphatic heterocycles. The van der Waals surface area contributed by atoms with Crippen molar-refractivity contribution < 1.29 is 32.5 Å². The number of carbonyl (C=O) groups excluding carboxylic acids is 1. The van der Waals surface area contributed by atoms with Crippen molar-refractivity contribution in [1.29, 1.82) is 0 Å². The standard InChI is InChI=1S/C13H25NO5S.H2O/c1-4-8-13(15)19-11-10-14(5-2,6-3)9-7-12-20(16,17)18;/h4,8H,5-7,9-12H2,1-3H3;1H2. The molecule has 0 amide bonds. The Kier molecular flexibility index (Phi) is 11.4. The molecule has 0 spiro atoms. The molecule has 8 heteroatoms. The maximum Gasteiger partial charge on any atom is 0.330 e. The van der Waals surface area contributed by atoms with Crippen LogP contribution in [0.1, 0.15) is 27.2 Å². The van der Waals surface area contributed by atoms with E-state index >= 15 is 0 Å². The van der Waals surface area contributed by atoms with Crippen molar-refractivity contribution in [2.45, 2.75) is 27.2 Å². The van der Waals surface area contributed by atoms with E-state index in [9.17, 15) is 13.2 Å². The molecule has 0 aromatic carbocycles. The third-order valence-corrected chi connectivity index (χ3v) is 4.29. The summed E-state index contributed by atoms with van der Waals surface area (Å²) >= 11 is 0. The zero-order chi connectivity index (χ0) is 15.6. The molecule has 0 atom stereocenters. The second-order valence-corrected chi connectivity index (χ2v) is 6.30. The Morgan fingerprint density at radius 1 is 1.24 bits per heavy atom. The highest BCUT2D eigenvalue weighted by atomic mass is 32.2. The monoisotopic (exact) mass is 325 g/mol. The Labute approximate surface area is 127 Å². The van der Waals surface area contributed by atoms with Crippen LogP contribution in [0.4, 0.5) is 0 Å². The summed E-state index contributed by atoms with van der Waals surface area (Å²) < 4.78 is 36.0. The van der Waals surface area contributed by atoms with Gasteiger partial charge in [-0.15, -0.1) is 0 Å². The van der Waals surface area contributed by atoms with E-state index in [1.165, 1.54) is 6.08 Å². The van der Waals surface area contributed by atoms with Crippen molar-refractivity contribution in [3.05, 3.63) is 12.2 Å². The lowest BCUT2D eigenvalue weighted by molar-refractivity contribution is -0.925. The molecule has 0 unspecified atom stereocenters. The molecule has 0 aliphatic rings. The van der Waals surface area contributed by atoms with Crippen LogP contribution in [0.2, 0.25) is 0 Å². The van der Waals surface area contributed by atoms with Gasteiger partial charge in [-0.1, -0.05) is 6.08 Å². The summed E-state index contributed by atoms with van der Waals surface area (Å²) in [6, 6.07) is 0. The van der Waals surface area contributed by atoms with E-state index in [0.717, 1.165) is 13.1 Å². The molecule has 0 aromatic rings. The fourth-order valence-corrected chi connectivity index (χ4v) is 2.57. The van der Waals surface area contributed by atoms with Crippen LogP contribution in [0, 0.1) is 0 Å². The Morgan fingerprint density at radius 2 is 1.81 bits per heavy atom. The van der Waals surface area contributed by atoms with E-state index in [0.29, 0.717) is 30.6 Å². The Balaban J connectivity index is 0. The molecule has 0 saturated heterocycles. The number of esters is 1. The van der Waals surface area contributed by atoms with Crippen LogP contribution < -0.4 is 0 Å². The van der Waals surface area contributed by atoms with E-state index in [4.69, 9.17) is 9.29 Å². The van der Waals surface area contributed by atoms with Gasteiger partial charge in [-0.05, 0) is 20.8 Å². The van der Waals surface area contributed by atoms with Crippen molar-refractivity contribution in [3.63, 3.8) is 0 Å². The summed E-state index contributed by atoms with van der Waals surface area (Å²) in [6.45, 7) is 9.00. The van der Waals surface area contributed by atoms with Crippen molar-refractivity contribution in [2.75, 3.05) is 38.5 Å². The molecule has 7 nitrogen and oxygen atoms in total. The summed E-state index contributed by atoms with van der Waals surface area (Å²) in [6.07, 6.45) is 3.38. The number of carbonyl (C=O) groups is 1. The minimum Gasteiger partial charge on any atom is -0.870 e. The first-order valence-electron chi connectivity index (χ1n) is 6.88. The van der Waals surface area contributed by atoms with Gasteiger partial charge in [0, 0.05) is 12.5 Å². The number of hydrogen-bond donors (Lipinski definition) is 1. The summed E-state index contributed by atoms with van der Waals surface area (Å²) in [4.78, 5) is 11.2. The normalized spacial score (nSPS) is 12.2. The van der Waals surface area contributed by atoms with Gasteiger partial charge in [-0.25, -0.2) is 4.79 Å². The molecule has 0 bridgehead atoms. The van der Waals surface area contributed by atoms with E-state index in [1.54, 1.807) is 13.0 Å². The Bertz CT molecular complexity index is 414. The second kappa shape index (κ2) is 10.7. The van der Waals surface area contributed by atoms with Crippen LogP contribution in [0.5, 0.6) is 0 Å². The molecular weight excluding hydrogens is 298 g/mol. The first-order valence-corrected chi connectivity index (χ1v) is 8.49. The van der Waals surface area contributed by atoms with E-state index in [2.05, 4.69) is 0 Å². The smallest absolute Gasteiger partial charge is 0.330 e. The quantitative estimate of drug-likeness (QED) is 0.278. The van der Waals surface area contributed by atoms with Crippen LogP contribution in [-0.4, -0.2) is 67.4 Å². The highest BCUT2D eigenvalue weighted by Crippen LogP contribution is 2.09. The SMILES string of the molecule is CC=CC(=O)OCC[N+](CC)(CC)CCCS(=O)(=O)O.[OH-]. The number of rotatable bonds is 10. The molecule has 0 radical (unpaired) electrons. The predicted octanol–water partition coefficient (Wildman–Crippen LogP) is 1.06. The van der Waals surface area contributed by atoms with Crippen molar-refractivity contribution in [1.82, 2.24) is 0 Å². The molecule has 0 fully saturated rings. The highest BCUT2D eigenvalue weighted by Gasteiger charge is 2.24. The molecule has 0 rings (SSSR count). The molecular formula is C13H27NO6S. The third-order valence-electron chi connectivity index (χ3n) is 3.49. The Morgan fingerprint density at radius 3 is 2.24 bits per heavy atom. The van der Waals surface area contributed by atoms with Gasteiger partial charge in [0.05, 0.1) is 25.4 Å². The van der Waals surface area contributed by atoms with Gasteiger partial charge in [0.2, 0.25) is 0 Å². The lowest BCUT2D eigenvalue weighted by atomic mass is 10.3. The number of likely N-dealkylation sites (N-methyl/N-ethyl adjacent to an activating group) is 1. The molecule has 0 aliphatic carbocycles.